The Morgan fingerprint density at radius 3 is 2.48 bits per heavy atom. The minimum Gasteiger partial charge on any atom is -0.406 e. The summed E-state index contributed by atoms with van der Waals surface area (Å²) in [6.45, 7) is 0. The van der Waals surface area contributed by atoms with Gasteiger partial charge in [0.2, 0.25) is 5.91 Å². The van der Waals surface area contributed by atoms with E-state index in [0.29, 0.717) is 29.8 Å². The van der Waals surface area contributed by atoms with Crippen LogP contribution >= 0.6 is 0 Å². The highest BCUT2D eigenvalue weighted by Gasteiger charge is 2.31. The lowest BCUT2D eigenvalue weighted by Gasteiger charge is -2.17. The first-order valence-electron chi connectivity index (χ1n) is 7.40. The Morgan fingerprint density at radius 1 is 1.08 bits per heavy atom. The van der Waals surface area contributed by atoms with Gasteiger partial charge in [-0.15, -0.1) is 13.2 Å². The predicted molar refractivity (Wildman–Crippen MR) is 84.5 cm³/mol. The number of anilines is 2. The molecule has 8 heteroatoms. The molecule has 0 aromatic heterocycles. The number of alkyl halides is 3. The fourth-order valence-corrected chi connectivity index (χ4v) is 2.47. The van der Waals surface area contributed by atoms with Crippen LogP contribution in [0.3, 0.4) is 0 Å². The summed E-state index contributed by atoms with van der Waals surface area (Å²) in [6, 6.07) is 9.78. The minimum absolute atomic E-state index is 0.0640. The maximum atomic E-state index is 12.3. The zero-order valence-electron chi connectivity index (χ0n) is 12.8. The van der Waals surface area contributed by atoms with E-state index < -0.39 is 12.3 Å². The minimum atomic E-state index is -4.76. The second kappa shape index (κ2) is 6.46. The molecule has 2 aromatic carbocycles. The molecule has 2 aromatic rings. The van der Waals surface area contributed by atoms with E-state index in [1.807, 2.05) is 0 Å². The van der Waals surface area contributed by atoms with Gasteiger partial charge in [0.05, 0.1) is 0 Å². The van der Waals surface area contributed by atoms with Crippen molar-refractivity contribution < 1.29 is 27.5 Å². The third kappa shape index (κ3) is 4.28. The second-order valence-electron chi connectivity index (χ2n) is 5.45. The number of carbonyl (C=O) groups is 2. The maximum Gasteiger partial charge on any atom is 0.573 e. The Bertz CT molecular complexity index is 817. The fourth-order valence-electron chi connectivity index (χ4n) is 2.47. The molecule has 2 amide bonds. The molecule has 130 valence electrons. The molecule has 2 N–H and O–H groups in total. The average molecular weight is 350 g/mol. The molecule has 0 unspecified atom stereocenters. The van der Waals surface area contributed by atoms with E-state index >= 15 is 0 Å². The van der Waals surface area contributed by atoms with E-state index in [0.717, 1.165) is 17.7 Å². The van der Waals surface area contributed by atoms with Crippen molar-refractivity contribution in [1.29, 1.82) is 0 Å². The molecule has 5 nitrogen and oxygen atoms in total. The Hall–Kier alpha value is -3.03. The maximum absolute atomic E-state index is 12.3. The number of fused-ring (bicyclic) bond motifs is 1. The normalized spacial score (nSPS) is 13.6. The number of hydrogen-bond acceptors (Lipinski definition) is 3. The topological polar surface area (TPSA) is 67.4 Å². The standard InChI is InChI=1S/C17H13F3N2O3/c18-17(19,20)25-13-5-3-12(4-6-13)21-16(24)11-1-7-14-10(9-11)2-8-15(23)22-14/h1,3-7,9H,2,8H2,(H,21,24)(H,22,23). The van der Waals surface area contributed by atoms with E-state index in [4.69, 9.17) is 0 Å². The number of benzene rings is 2. The van der Waals surface area contributed by atoms with Gasteiger partial charge in [-0.05, 0) is 54.4 Å². The van der Waals surface area contributed by atoms with Crippen molar-refractivity contribution >= 4 is 23.2 Å². The number of amides is 2. The Balaban J connectivity index is 1.69. The van der Waals surface area contributed by atoms with Crippen LogP contribution in [-0.4, -0.2) is 18.2 Å². The SMILES string of the molecule is O=C1CCc2cc(C(=O)Nc3ccc(OC(F)(F)F)cc3)ccc2N1. The first-order valence-corrected chi connectivity index (χ1v) is 7.40. The van der Waals surface area contributed by atoms with Crippen molar-refractivity contribution in [2.24, 2.45) is 0 Å². The van der Waals surface area contributed by atoms with Crippen molar-refractivity contribution in [2.45, 2.75) is 19.2 Å². The van der Waals surface area contributed by atoms with Crippen LogP contribution in [0.1, 0.15) is 22.3 Å². The van der Waals surface area contributed by atoms with Gasteiger partial charge in [-0.3, -0.25) is 9.59 Å². The molecular weight excluding hydrogens is 337 g/mol. The average Bonchev–Trinajstić information content (AvgIpc) is 2.54. The van der Waals surface area contributed by atoms with Crippen molar-refractivity contribution in [1.82, 2.24) is 0 Å². The number of carbonyl (C=O) groups excluding carboxylic acids is 2. The molecule has 1 aliphatic heterocycles. The molecule has 0 atom stereocenters. The molecule has 0 fully saturated rings. The Kier molecular flexibility index (Phi) is 4.35. The second-order valence-corrected chi connectivity index (χ2v) is 5.45. The van der Waals surface area contributed by atoms with Crippen molar-refractivity contribution in [3.8, 4) is 5.75 Å². The van der Waals surface area contributed by atoms with Crippen LogP contribution in [0.2, 0.25) is 0 Å². The van der Waals surface area contributed by atoms with E-state index in [2.05, 4.69) is 15.4 Å². The van der Waals surface area contributed by atoms with Crippen LogP contribution in [0.4, 0.5) is 24.5 Å². The first-order chi connectivity index (χ1) is 11.8. The van der Waals surface area contributed by atoms with Gasteiger partial charge in [0.15, 0.2) is 0 Å². The molecule has 0 spiro atoms. The molecule has 1 aliphatic rings. The number of ether oxygens (including phenoxy) is 1. The van der Waals surface area contributed by atoms with E-state index in [9.17, 15) is 22.8 Å². The lowest BCUT2D eigenvalue weighted by atomic mass is 10.00. The molecule has 0 radical (unpaired) electrons. The largest absolute Gasteiger partial charge is 0.573 e. The molecular formula is C17H13F3N2O3. The van der Waals surface area contributed by atoms with Gasteiger partial charge in [-0.2, -0.15) is 0 Å². The molecule has 3 rings (SSSR count). The summed E-state index contributed by atoms with van der Waals surface area (Å²) in [5.41, 5.74) is 2.28. The zero-order chi connectivity index (χ0) is 18.0. The smallest absolute Gasteiger partial charge is 0.406 e. The zero-order valence-corrected chi connectivity index (χ0v) is 12.8. The lowest BCUT2D eigenvalue weighted by molar-refractivity contribution is -0.274. The number of rotatable bonds is 3. The Labute approximate surface area is 140 Å². The number of halogens is 3. The van der Waals surface area contributed by atoms with Crippen LogP contribution < -0.4 is 15.4 Å². The van der Waals surface area contributed by atoms with Gasteiger partial charge >= 0.3 is 6.36 Å². The van der Waals surface area contributed by atoms with Gasteiger partial charge in [0.25, 0.3) is 5.91 Å². The van der Waals surface area contributed by atoms with Gasteiger partial charge in [0.1, 0.15) is 5.75 Å². The number of aryl methyl sites for hydroxylation is 1. The van der Waals surface area contributed by atoms with Crippen LogP contribution in [0.15, 0.2) is 42.5 Å². The predicted octanol–water partition coefficient (Wildman–Crippen LogP) is 3.72. The molecule has 0 saturated carbocycles. The fraction of sp³-hybridized carbons (Fsp3) is 0.176. The summed E-state index contributed by atoms with van der Waals surface area (Å²) in [4.78, 5) is 23.6. The summed E-state index contributed by atoms with van der Waals surface area (Å²) in [5.74, 6) is -0.829. The van der Waals surface area contributed by atoms with Crippen LogP contribution in [0, 0.1) is 0 Å². The molecule has 25 heavy (non-hydrogen) atoms. The Morgan fingerprint density at radius 2 is 1.80 bits per heavy atom. The monoisotopic (exact) mass is 350 g/mol. The highest BCUT2D eigenvalue weighted by molar-refractivity contribution is 6.05. The molecule has 0 bridgehead atoms. The highest BCUT2D eigenvalue weighted by Crippen LogP contribution is 2.26. The third-order valence-corrected chi connectivity index (χ3v) is 3.61. The van der Waals surface area contributed by atoms with Crippen molar-refractivity contribution in [3.63, 3.8) is 0 Å². The highest BCUT2D eigenvalue weighted by atomic mass is 19.4. The summed E-state index contributed by atoms with van der Waals surface area (Å²) in [6.07, 6.45) is -3.85. The van der Waals surface area contributed by atoms with Gasteiger partial charge in [0, 0.05) is 23.4 Å². The van der Waals surface area contributed by atoms with Crippen LogP contribution in [-0.2, 0) is 11.2 Å². The van der Waals surface area contributed by atoms with Crippen molar-refractivity contribution in [2.75, 3.05) is 10.6 Å². The van der Waals surface area contributed by atoms with Gasteiger partial charge in [-0.25, -0.2) is 0 Å². The van der Waals surface area contributed by atoms with Crippen LogP contribution in [0.5, 0.6) is 5.75 Å². The molecule has 0 aliphatic carbocycles. The lowest BCUT2D eigenvalue weighted by Crippen LogP contribution is -2.20. The third-order valence-electron chi connectivity index (χ3n) is 3.61. The summed E-state index contributed by atoms with van der Waals surface area (Å²) >= 11 is 0. The van der Waals surface area contributed by atoms with E-state index in [1.54, 1.807) is 18.2 Å². The molecule has 0 saturated heterocycles. The van der Waals surface area contributed by atoms with Gasteiger partial charge in [-0.1, -0.05) is 0 Å². The number of nitrogens with one attached hydrogen (secondary N) is 2. The summed E-state index contributed by atoms with van der Waals surface area (Å²) in [7, 11) is 0. The van der Waals surface area contributed by atoms with E-state index in [-0.39, 0.29) is 11.7 Å². The number of hydrogen-bond donors (Lipinski definition) is 2. The summed E-state index contributed by atoms with van der Waals surface area (Å²) < 4.78 is 40.1. The molecule has 1 heterocycles. The summed E-state index contributed by atoms with van der Waals surface area (Å²) in [5, 5.41) is 5.32. The van der Waals surface area contributed by atoms with E-state index in [1.165, 1.54) is 12.1 Å². The quantitative estimate of drug-likeness (QED) is 0.887. The first kappa shape index (κ1) is 16.8. The van der Waals surface area contributed by atoms with Crippen molar-refractivity contribution in [3.05, 3.63) is 53.6 Å². The van der Waals surface area contributed by atoms with Gasteiger partial charge < -0.3 is 15.4 Å². The van der Waals surface area contributed by atoms with Crippen LogP contribution in [0.25, 0.3) is 0 Å².